The fourth-order valence-corrected chi connectivity index (χ4v) is 3.84. The highest BCUT2D eigenvalue weighted by molar-refractivity contribution is 6.33. The summed E-state index contributed by atoms with van der Waals surface area (Å²) in [6, 6.07) is 2.26. The molecule has 2 atom stereocenters. The number of imide groups is 2. The minimum atomic E-state index is -1.42. The Hall–Kier alpha value is -4.08. The predicted molar refractivity (Wildman–Crippen MR) is 99.1 cm³/mol. The lowest BCUT2D eigenvalue weighted by molar-refractivity contribution is -0.141. The molecule has 2 N–H and O–H groups in total. The third-order valence-corrected chi connectivity index (χ3v) is 5.45. The largest absolute Gasteiger partial charge is 0.480 e. The van der Waals surface area contributed by atoms with E-state index >= 15 is 0 Å². The molecule has 0 aromatic heterocycles. The van der Waals surface area contributed by atoms with Gasteiger partial charge in [-0.2, -0.15) is 0 Å². The number of benzene rings is 2. The first-order valence-electron chi connectivity index (χ1n) is 8.89. The summed E-state index contributed by atoms with van der Waals surface area (Å²) in [5.41, 5.74) is -0.0606. The van der Waals surface area contributed by atoms with Crippen LogP contribution in [0.3, 0.4) is 0 Å². The molecule has 4 amide bonds. The minimum absolute atomic E-state index is 0.0152. The molecule has 2 aromatic carbocycles. The fourth-order valence-electron chi connectivity index (χ4n) is 3.84. The van der Waals surface area contributed by atoms with Crippen molar-refractivity contribution in [2.45, 2.75) is 25.9 Å². The molecule has 4 rings (SSSR count). The molecule has 0 spiro atoms. The van der Waals surface area contributed by atoms with Gasteiger partial charge in [-0.3, -0.25) is 29.0 Å². The van der Waals surface area contributed by atoms with Crippen molar-refractivity contribution in [2.24, 2.45) is 0 Å². The van der Waals surface area contributed by atoms with Gasteiger partial charge in [0, 0.05) is 33.0 Å². The highest BCUT2D eigenvalue weighted by atomic mass is 16.4. The SMILES string of the molecule is C[C@@H](C(=O)O)N1C(=O)c2ccc3c4c(ccc(c24)C1=O)C(=O)N([C@@H](C)C(=O)O)C3=O. The summed E-state index contributed by atoms with van der Waals surface area (Å²) in [6.45, 7) is 2.40. The average molecular weight is 410 g/mol. The molecule has 152 valence electrons. The highest BCUT2D eigenvalue weighted by Crippen LogP contribution is 2.38. The van der Waals surface area contributed by atoms with E-state index < -0.39 is 47.7 Å². The monoisotopic (exact) mass is 410 g/mol. The van der Waals surface area contributed by atoms with E-state index in [0.717, 1.165) is 0 Å². The lowest BCUT2D eigenvalue weighted by atomic mass is 9.85. The number of hydrogen-bond donors (Lipinski definition) is 2. The van der Waals surface area contributed by atoms with E-state index in [1.165, 1.54) is 38.1 Å². The van der Waals surface area contributed by atoms with Crippen molar-refractivity contribution in [3.8, 4) is 0 Å². The molecule has 2 aliphatic heterocycles. The molecular weight excluding hydrogens is 396 g/mol. The lowest BCUT2D eigenvalue weighted by Gasteiger charge is -2.34. The number of rotatable bonds is 4. The Morgan fingerprint density at radius 2 is 0.867 bits per heavy atom. The van der Waals surface area contributed by atoms with Crippen LogP contribution >= 0.6 is 0 Å². The van der Waals surface area contributed by atoms with Crippen LogP contribution in [0.15, 0.2) is 24.3 Å². The summed E-state index contributed by atoms with van der Waals surface area (Å²) >= 11 is 0. The van der Waals surface area contributed by atoms with E-state index in [-0.39, 0.29) is 33.0 Å². The molecular formula is C20H14N2O8. The van der Waals surface area contributed by atoms with Gasteiger partial charge in [-0.15, -0.1) is 0 Å². The van der Waals surface area contributed by atoms with Crippen molar-refractivity contribution in [3.63, 3.8) is 0 Å². The average Bonchev–Trinajstić information content (AvgIpc) is 2.70. The fraction of sp³-hybridized carbons (Fsp3) is 0.200. The Morgan fingerprint density at radius 1 is 0.633 bits per heavy atom. The maximum atomic E-state index is 12.9. The second kappa shape index (κ2) is 6.21. The number of aliphatic carboxylic acids is 2. The zero-order valence-electron chi connectivity index (χ0n) is 15.7. The van der Waals surface area contributed by atoms with Gasteiger partial charge in [0.15, 0.2) is 0 Å². The zero-order chi connectivity index (χ0) is 22.1. The van der Waals surface area contributed by atoms with Gasteiger partial charge >= 0.3 is 11.9 Å². The van der Waals surface area contributed by atoms with Crippen LogP contribution in [0, 0.1) is 0 Å². The molecule has 0 fully saturated rings. The maximum absolute atomic E-state index is 12.9. The van der Waals surface area contributed by atoms with Crippen LogP contribution in [-0.2, 0) is 9.59 Å². The van der Waals surface area contributed by atoms with E-state index in [2.05, 4.69) is 0 Å². The number of carboxylic acids is 2. The van der Waals surface area contributed by atoms with Crippen molar-refractivity contribution < 1.29 is 39.0 Å². The molecule has 0 unspecified atom stereocenters. The highest BCUT2D eigenvalue weighted by Gasteiger charge is 2.43. The third-order valence-electron chi connectivity index (χ3n) is 5.45. The van der Waals surface area contributed by atoms with Crippen molar-refractivity contribution in [1.29, 1.82) is 0 Å². The molecule has 10 nitrogen and oxygen atoms in total. The number of carbonyl (C=O) groups excluding carboxylic acids is 4. The van der Waals surface area contributed by atoms with Crippen LogP contribution in [0.4, 0.5) is 0 Å². The predicted octanol–water partition coefficient (Wildman–Crippen LogP) is 0.978. The molecule has 10 heteroatoms. The number of carboxylic acid groups (broad SMARTS) is 2. The van der Waals surface area contributed by atoms with Crippen LogP contribution < -0.4 is 0 Å². The van der Waals surface area contributed by atoms with Gasteiger partial charge in [0.05, 0.1) is 0 Å². The third kappa shape index (κ3) is 2.30. The summed E-state index contributed by atoms with van der Waals surface area (Å²) < 4.78 is 0. The molecule has 0 saturated heterocycles. The number of hydrogen-bond acceptors (Lipinski definition) is 6. The first kappa shape index (κ1) is 19.2. The zero-order valence-corrected chi connectivity index (χ0v) is 15.7. The summed E-state index contributed by atoms with van der Waals surface area (Å²) in [7, 11) is 0. The second-order valence-electron chi connectivity index (χ2n) is 7.06. The summed E-state index contributed by atoms with van der Waals surface area (Å²) in [5.74, 6) is -6.15. The number of nitrogens with zero attached hydrogens (tertiary/aromatic N) is 2. The standard InChI is InChI=1S/C20H14N2O8/c1-7(19(27)28)21-15(23)9-3-5-11-14-12(6-4-10(13(9)14)16(21)24)18(26)22(17(11)25)8(2)20(29)30/h3-8H,1-2H3,(H,27,28)(H,29,30)/t7-,8-/m0/s1. The second-order valence-corrected chi connectivity index (χ2v) is 7.06. The van der Waals surface area contributed by atoms with Crippen molar-refractivity contribution >= 4 is 46.3 Å². The van der Waals surface area contributed by atoms with Crippen LogP contribution in [0.5, 0.6) is 0 Å². The van der Waals surface area contributed by atoms with Gasteiger partial charge in [-0.25, -0.2) is 9.59 Å². The van der Waals surface area contributed by atoms with E-state index in [9.17, 15) is 39.0 Å². The molecule has 30 heavy (non-hydrogen) atoms. The number of amides is 4. The molecule has 0 bridgehead atoms. The topological polar surface area (TPSA) is 149 Å². The maximum Gasteiger partial charge on any atom is 0.326 e. The van der Waals surface area contributed by atoms with Gasteiger partial charge in [-0.1, -0.05) is 0 Å². The summed E-state index contributed by atoms with van der Waals surface area (Å²) in [5, 5.41) is 18.7. The van der Waals surface area contributed by atoms with Gasteiger partial charge in [0.25, 0.3) is 23.6 Å². The van der Waals surface area contributed by atoms with Crippen LogP contribution in [0.25, 0.3) is 10.8 Å². The quantitative estimate of drug-likeness (QED) is 0.708. The summed E-state index contributed by atoms with van der Waals surface area (Å²) in [4.78, 5) is 75.5. The van der Waals surface area contributed by atoms with Crippen LogP contribution in [0.2, 0.25) is 0 Å². The lowest BCUT2D eigenvalue weighted by Crippen LogP contribution is -2.51. The molecule has 2 aliphatic rings. The van der Waals surface area contributed by atoms with E-state index in [0.29, 0.717) is 9.80 Å². The van der Waals surface area contributed by atoms with Crippen molar-refractivity contribution in [3.05, 3.63) is 46.5 Å². The molecule has 2 heterocycles. The first-order valence-corrected chi connectivity index (χ1v) is 8.89. The van der Waals surface area contributed by atoms with Gasteiger partial charge < -0.3 is 10.2 Å². The van der Waals surface area contributed by atoms with Gasteiger partial charge in [0.1, 0.15) is 12.1 Å². The number of carbonyl (C=O) groups is 6. The van der Waals surface area contributed by atoms with E-state index in [1.807, 2.05) is 0 Å². The van der Waals surface area contributed by atoms with Crippen LogP contribution in [0.1, 0.15) is 55.3 Å². The molecule has 2 aromatic rings. The molecule has 0 aliphatic carbocycles. The van der Waals surface area contributed by atoms with Crippen molar-refractivity contribution in [2.75, 3.05) is 0 Å². The Labute approximate surface area is 168 Å². The molecule has 0 saturated carbocycles. The Morgan fingerprint density at radius 3 is 1.07 bits per heavy atom. The Balaban J connectivity index is 1.99. The Kier molecular flexibility index (Phi) is 3.98. The summed E-state index contributed by atoms with van der Waals surface area (Å²) in [6.07, 6.45) is 0. The van der Waals surface area contributed by atoms with E-state index in [4.69, 9.17) is 0 Å². The smallest absolute Gasteiger partial charge is 0.326 e. The minimum Gasteiger partial charge on any atom is -0.480 e. The van der Waals surface area contributed by atoms with Crippen molar-refractivity contribution in [1.82, 2.24) is 9.80 Å². The van der Waals surface area contributed by atoms with Gasteiger partial charge in [0.2, 0.25) is 0 Å². The van der Waals surface area contributed by atoms with Crippen LogP contribution in [-0.4, -0.2) is 67.7 Å². The van der Waals surface area contributed by atoms with E-state index in [1.54, 1.807) is 0 Å². The van der Waals surface area contributed by atoms with Gasteiger partial charge in [-0.05, 0) is 38.1 Å². The Bertz CT molecular complexity index is 1070. The first-order chi connectivity index (χ1) is 14.1. The normalized spacial score (nSPS) is 17.4. The molecule has 0 radical (unpaired) electrons.